The number of H-pyrrole nitrogens is 1. The van der Waals surface area contributed by atoms with Crippen molar-refractivity contribution in [2.75, 3.05) is 7.11 Å². The van der Waals surface area contributed by atoms with Gasteiger partial charge in [0.25, 0.3) is 11.2 Å². The smallest absolute Gasteiger partial charge is 0.270 e. The van der Waals surface area contributed by atoms with Crippen molar-refractivity contribution in [2.45, 2.75) is 0 Å². The van der Waals surface area contributed by atoms with Crippen LogP contribution in [0.1, 0.15) is 11.4 Å². The average molecular weight is 323 g/mol. The molecular formula is C17H13N3O4. The van der Waals surface area contributed by atoms with Gasteiger partial charge in [0.15, 0.2) is 0 Å². The minimum atomic E-state index is -0.545. The summed E-state index contributed by atoms with van der Waals surface area (Å²) < 4.78 is 5.09. The molecule has 7 nitrogen and oxygen atoms in total. The molecule has 1 N–H and O–H groups in total. The molecule has 0 aliphatic heterocycles. The highest BCUT2D eigenvalue weighted by Crippen LogP contribution is 2.17. The van der Waals surface area contributed by atoms with Gasteiger partial charge in [-0.15, -0.1) is 0 Å². The van der Waals surface area contributed by atoms with E-state index in [0.717, 1.165) is 11.3 Å². The van der Waals surface area contributed by atoms with Gasteiger partial charge in [-0.25, -0.2) is 4.98 Å². The average Bonchev–Trinajstić information content (AvgIpc) is 2.60. The Morgan fingerprint density at radius 1 is 1.17 bits per heavy atom. The minimum absolute atomic E-state index is 0.142. The molecule has 0 bridgehead atoms. The first-order valence-electron chi connectivity index (χ1n) is 7.07. The molecule has 0 saturated heterocycles. The number of nitrogens with zero attached hydrogens (tertiary/aromatic N) is 2. The van der Waals surface area contributed by atoms with Gasteiger partial charge in [0.05, 0.1) is 22.9 Å². The van der Waals surface area contributed by atoms with Crippen LogP contribution in [0, 0.1) is 10.1 Å². The molecule has 24 heavy (non-hydrogen) atoms. The van der Waals surface area contributed by atoms with E-state index in [4.69, 9.17) is 4.74 Å². The summed E-state index contributed by atoms with van der Waals surface area (Å²) in [4.78, 5) is 29.2. The predicted octanol–water partition coefficient (Wildman–Crippen LogP) is 3.01. The highest BCUT2D eigenvalue weighted by molar-refractivity contribution is 5.81. The van der Waals surface area contributed by atoms with Crippen LogP contribution in [0.25, 0.3) is 23.1 Å². The number of hydrogen-bond donors (Lipinski definition) is 1. The van der Waals surface area contributed by atoms with Crippen LogP contribution < -0.4 is 10.3 Å². The van der Waals surface area contributed by atoms with Crippen molar-refractivity contribution in [3.63, 3.8) is 0 Å². The lowest BCUT2D eigenvalue weighted by Gasteiger charge is -2.00. The van der Waals surface area contributed by atoms with Crippen molar-refractivity contribution >= 4 is 28.7 Å². The number of nitro benzene ring substituents is 1. The van der Waals surface area contributed by atoms with E-state index in [1.165, 1.54) is 18.2 Å². The quantitative estimate of drug-likeness (QED) is 0.588. The number of nitrogens with one attached hydrogen (secondary N) is 1. The molecule has 0 saturated carbocycles. The van der Waals surface area contributed by atoms with Gasteiger partial charge in [-0.05, 0) is 29.8 Å². The van der Waals surface area contributed by atoms with Crippen LogP contribution in [0.2, 0.25) is 0 Å². The lowest BCUT2D eigenvalue weighted by molar-refractivity contribution is -0.384. The molecule has 0 radical (unpaired) electrons. The van der Waals surface area contributed by atoms with E-state index in [2.05, 4.69) is 9.97 Å². The maximum absolute atomic E-state index is 12.1. The third kappa shape index (κ3) is 3.14. The van der Waals surface area contributed by atoms with E-state index in [0.29, 0.717) is 11.3 Å². The van der Waals surface area contributed by atoms with Crippen LogP contribution in [0.15, 0.2) is 47.3 Å². The second kappa shape index (κ2) is 6.33. The maximum Gasteiger partial charge on any atom is 0.270 e. The molecule has 3 rings (SSSR count). The van der Waals surface area contributed by atoms with E-state index < -0.39 is 10.5 Å². The van der Waals surface area contributed by atoms with E-state index in [1.54, 1.807) is 19.3 Å². The zero-order valence-corrected chi connectivity index (χ0v) is 12.7. The number of nitro groups is 1. The Balaban J connectivity index is 1.95. The van der Waals surface area contributed by atoms with Gasteiger partial charge in [0.2, 0.25) is 0 Å². The molecular weight excluding hydrogens is 310 g/mol. The topological polar surface area (TPSA) is 98.1 Å². The van der Waals surface area contributed by atoms with E-state index >= 15 is 0 Å². The molecule has 0 spiro atoms. The zero-order valence-electron chi connectivity index (χ0n) is 12.7. The Morgan fingerprint density at radius 2 is 1.92 bits per heavy atom. The van der Waals surface area contributed by atoms with Gasteiger partial charge in [-0.1, -0.05) is 18.2 Å². The minimum Gasteiger partial charge on any atom is -0.497 e. The van der Waals surface area contributed by atoms with Gasteiger partial charge in [0, 0.05) is 12.1 Å². The van der Waals surface area contributed by atoms with Crippen LogP contribution in [-0.4, -0.2) is 22.0 Å². The van der Waals surface area contributed by atoms with Crippen molar-refractivity contribution in [1.82, 2.24) is 9.97 Å². The Morgan fingerprint density at radius 3 is 2.58 bits per heavy atom. The molecule has 1 heterocycles. The van der Waals surface area contributed by atoms with Crippen LogP contribution in [0.4, 0.5) is 5.69 Å². The summed E-state index contributed by atoms with van der Waals surface area (Å²) >= 11 is 0. The number of methoxy groups -OCH3 is 1. The Bertz CT molecular complexity index is 991. The SMILES string of the molecule is COc1ccc(C=Cc2nc3ccc([N+](=O)[O-])cc3c(=O)[nH]2)cc1. The Kier molecular flexibility index (Phi) is 4.07. The predicted molar refractivity (Wildman–Crippen MR) is 90.9 cm³/mol. The number of aromatic nitrogens is 2. The fourth-order valence-corrected chi connectivity index (χ4v) is 2.23. The maximum atomic E-state index is 12.1. The van der Waals surface area contributed by atoms with Gasteiger partial charge in [-0.2, -0.15) is 0 Å². The highest BCUT2D eigenvalue weighted by Gasteiger charge is 2.09. The number of ether oxygens (including phenoxy) is 1. The van der Waals surface area contributed by atoms with Gasteiger partial charge >= 0.3 is 0 Å². The monoisotopic (exact) mass is 323 g/mol. The first-order chi connectivity index (χ1) is 11.6. The van der Waals surface area contributed by atoms with Gasteiger partial charge in [-0.3, -0.25) is 14.9 Å². The van der Waals surface area contributed by atoms with Crippen LogP contribution >= 0.6 is 0 Å². The third-order valence-electron chi connectivity index (χ3n) is 3.47. The Hall–Kier alpha value is -3.48. The molecule has 0 amide bonds. The first kappa shape index (κ1) is 15.4. The normalized spacial score (nSPS) is 11.0. The third-order valence-corrected chi connectivity index (χ3v) is 3.47. The summed E-state index contributed by atoms with van der Waals surface area (Å²) in [6.07, 6.45) is 3.47. The number of fused-ring (bicyclic) bond motifs is 1. The highest BCUT2D eigenvalue weighted by atomic mass is 16.6. The van der Waals surface area contributed by atoms with Crippen molar-refractivity contribution in [3.8, 4) is 5.75 Å². The molecule has 2 aromatic carbocycles. The molecule has 0 fully saturated rings. The molecule has 0 aliphatic rings. The first-order valence-corrected chi connectivity index (χ1v) is 7.07. The molecule has 0 aliphatic carbocycles. The number of hydrogen-bond acceptors (Lipinski definition) is 5. The standard InChI is InChI=1S/C17H13N3O4/c1-24-13-6-2-11(3-7-13)4-9-16-18-15-8-5-12(20(22)23)10-14(15)17(21)19-16/h2-10H,1H3,(H,18,19,21). The largest absolute Gasteiger partial charge is 0.497 e. The van der Waals surface area contributed by atoms with Crippen LogP contribution in [0.5, 0.6) is 5.75 Å². The van der Waals surface area contributed by atoms with Crippen molar-refractivity contribution < 1.29 is 9.66 Å². The fraction of sp³-hybridized carbons (Fsp3) is 0.0588. The van der Waals surface area contributed by atoms with E-state index in [-0.39, 0.29) is 11.1 Å². The number of aromatic amines is 1. The van der Waals surface area contributed by atoms with Crippen LogP contribution in [-0.2, 0) is 0 Å². The second-order valence-electron chi connectivity index (χ2n) is 5.02. The molecule has 0 atom stereocenters. The van der Waals surface area contributed by atoms with E-state index in [9.17, 15) is 14.9 Å². The lowest BCUT2D eigenvalue weighted by atomic mass is 10.2. The molecule has 7 heteroatoms. The number of rotatable bonds is 4. The summed E-state index contributed by atoms with van der Waals surface area (Å²) in [5.41, 5.74) is 0.760. The van der Waals surface area contributed by atoms with Gasteiger partial charge < -0.3 is 9.72 Å². The lowest BCUT2D eigenvalue weighted by Crippen LogP contribution is -2.10. The summed E-state index contributed by atoms with van der Waals surface area (Å²) in [6, 6.07) is 11.4. The number of non-ortho nitro benzene ring substituents is 1. The van der Waals surface area contributed by atoms with Crippen LogP contribution in [0.3, 0.4) is 0 Å². The summed E-state index contributed by atoms with van der Waals surface area (Å²) in [7, 11) is 1.60. The summed E-state index contributed by atoms with van der Waals surface area (Å²) in [5, 5.41) is 11.0. The fourth-order valence-electron chi connectivity index (χ4n) is 2.23. The van der Waals surface area contributed by atoms with Crippen molar-refractivity contribution in [3.05, 3.63) is 74.3 Å². The molecule has 0 unspecified atom stereocenters. The Labute approximate surface area is 136 Å². The summed E-state index contributed by atoms with van der Waals surface area (Å²) in [5.74, 6) is 1.13. The molecule has 120 valence electrons. The van der Waals surface area contributed by atoms with Gasteiger partial charge in [0.1, 0.15) is 11.6 Å². The molecule has 1 aromatic heterocycles. The van der Waals surface area contributed by atoms with Crippen molar-refractivity contribution in [2.24, 2.45) is 0 Å². The molecule has 3 aromatic rings. The summed E-state index contributed by atoms with van der Waals surface area (Å²) in [6.45, 7) is 0. The number of benzene rings is 2. The van der Waals surface area contributed by atoms with E-state index in [1.807, 2.05) is 24.3 Å². The second-order valence-corrected chi connectivity index (χ2v) is 5.02. The van der Waals surface area contributed by atoms with Crippen molar-refractivity contribution in [1.29, 1.82) is 0 Å². The zero-order chi connectivity index (χ0) is 17.1.